The fraction of sp³-hybridized carbons (Fsp3) is 0.474. The van der Waals surface area contributed by atoms with Crippen LogP contribution in [0.2, 0.25) is 0 Å². The van der Waals surface area contributed by atoms with E-state index in [-0.39, 0.29) is 5.41 Å². The maximum Gasteiger partial charge on any atom is 0.131 e. The Bertz CT molecular complexity index is 790. The van der Waals surface area contributed by atoms with Gasteiger partial charge in [0.25, 0.3) is 0 Å². The lowest BCUT2D eigenvalue weighted by atomic mass is 9.67. The summed E-state index contributed by atoms with van der Waals surface area (Å²) < 4.78 is 2.23. The summed E-state index contributed by atoms with van der Waals surface area (Å²) in [4.78, 5) is 2.62. The number of benzene rings is 1. The average molecular weight is 294 g/mol. The molecule has 22 heavy (non-hydrogen) atoms. The molecule has 3 aliphatic rings. The van der Waals surface area contributed by atoms with Crippen LogP contribution in [0.5, 0.6) is 0 Å². The maximum atomic E-state index is 10.9. The van der Waals surface area contributed by atoms with E-state index in [4.69, 9.17) is 0 Å². The van der Waals surface area contributed by atoms with Crippen molar-refractivity contribution in [1.29, 1.82) is 0 Å². The van der Waals surface area contributed by atoms with Crippen LogP contribution in [0.4, 0.5) is 0 Å². The molecule has 0 spiro atoms. The molecule has 0 unspecified atom stereocenters. The standard InChI is InChI=1S/C19H22N2O/c1-2-19-9-5-10-20-11-8-14-13-6-3-4-7-15(13)21(16(22)12-19)17(14)18(19)20/h3-7,9,16,18,22H,2,8,10-12H2,1H3/t16-,18+,19-/m0/s1. The van der Waals surface area contributed by atoms with Crippen LogP contribution in [-0.4, -0.2) is 27.7 Å². The molecule has 3 heteroatoms. The number of hydrogen-bond donors (Lipinski definition) is 1. The zero-order chi connectivity index (χ0) is 14.9. The number of aromatic nitrogens is 1. The first-order chi connectivity index (χ1) is 10.7. The molecule has 1 N–H and O–H groups in total. The molecular weight excluding hydrogens is 272 g/mol. The van der Waals surface area contributed by atoms with E-state index >= 15 is 0 Å². The van der Waals surface area contributed by atoms with Crippen molar-refractivity contribution in [3.05, 3.63) is 47.7 Å². The van der Waals surface area contributed by atoms with Crippen molar-refractivity contribution in [3.63, 3.8) is 0 Å². The van der Waals surface area contributed by atoms with E-state index in [9.17, 15) is 5.11 Å². The second-order valence-corrected chi connectivity index (χ2v) is 7.07. The first kappa shape index (κ1) is 12.9. The molecule has 0 aliphatic carbocycles. The summed E-state index contributed by atoms with van der Waals surface area (Å²) in [6.07, 6.45) is 7.31. The third kappa shape index (κ3) is 1.39. The van der Waals surface area contributed by atoms with E-state index in [1.807, 2.05) is 0 Å². The molecule has 0 fully saturated rings. The van der Waals surface area contributed by atoms with E-state index in [1.54, 1.807) is 0 Å². The predicted molar refractivity (Wildman–Crippen MR) is 87.7 cm³/mol. The molecule has 0 saturated heterocycles. The molecule has 0 radical (unpaired) electrons. The van der Waals surface area contributed by atoms with Gasteiger partial charge in [0, 0.05) is 36.0 Å². The summed E-state index contributed by atoms with van der Waals surface area (Å²) in [6, 6.07) is 9.03. The van der Waals surface area contributed by atoms with Crippen LogP contribution in [0.15, 0.2) is 36.4 Å². The van der Waals surface area contributed by atoms with Crippen molar-refractivity contribution in [3.8, 4) is 0 Å². The van der Waals surface area contributed by atoms with E-state index in [2.05, 4.69) is 52.8 Å². The van der Waals surface area contributed by atoms with E-state index in [1.165, 1.54) is 22.2 Å². The van der Waals surface area contributed by atoms with Gasteiger partial charge in [0.2, 0.25) is 0 Å². The Balaban J connectivity index is 1.88. The number of rotatable bonds is 1. The van der Waals surface area contributed by atoms with Crippen LogP contribution >= 0.6 is 0 Å². The van der Waals surface area contributed by atoms with Crippen molar-refractivity contribution in [2.75, 3.05) is 13.1 Å². The minimum atomic E-state index is -0.410. The van der Waals surface area contributed by atoms with Crippen LogP contribution in [0.25, 0.3) is 10.9 Å². The monoisotopic (exact) mass is 294 g/mol. The Kier molecular flexibility index (Phi) is 2.49. The minimum Gasteiger partial charge on any atom is -0.373 e. The number of aliphatic hydroxyl groups excluding tert-OH is 1. The highest BCUT2D eigenvalue weighted by Crippen LogP contribution is 2.57. The number of nitrogens with zero attached hydrogens (tertiary/aromatic N) is 2. The summed E-state index contributed by atoms with van der Waals surface area (Å²) in [5.41, 5.74) is 4.17. The van der Waals surface area contributed by atoms with Gasteiger partial charge >= 0.3 is 0 Å². The van der Waals surface area contributed by atoms with Crippen LogP contribution in [-0.2, 0) is 6.42 Å². The molecule has 1 aromatic carbocycles. The van der Waals surface area contributed by atoms with Crippen LogP contribution < -0.4 is 0 Å². The van der Waals surface area contributed by atoms with Gasteiger partial charge in [-0.25, -0.2) is 0 Å². The second-order valence-electron chi connectivity index (χ2n) is 7.07. The van der Waals surface area contributed by atoms with Gasteiger partial charge < -0.3 is 9.67 Å². The number of para-hydroxylation sites is 1. The van der Waals surface area contributed by atoms with Crippen LogP contribution in [0.1, 0.15) is 43.3 Å². The summed E-state index contributed by atoms with van der Waals surface area (Å²) in [7, 11) is 0. The molecule has 5 rings (SSSR count). The fourth-order valence-electron chi connectivity index (χ4n) is 5.20. The van der Waals surface area contributed by atoms with Crippen LogP contribution in [0.3, 0.4) is 0 Å². The lowest BCUT2D eigenvalue weighted by molar-refractivity contribution is -0.0313. The lowest BCUT2D eigenvalue weighted by Gasteiger charge is -2.53. The van der Waals surface area contributed by atoms with E-state index in [0.717, 1.165) is 32.4 Å². The summed E-state index contributed by atoms with van der Waals surface area (Å²) in [5.74, 6) is 0. The first-order valence-corrected chi connectivity index (χ1v) is 8.47. The number of fused-ring (bicyclic) bond motifs is 3. The van der Waals surface area contributed by atoms with Gasteiger partial charge in [-0.1, -0.05) is 37.3 Å². The van der Waals surface area contributed by atoms with Gasteiger partial charge in [0.15, 0.2) is 0 Å². The Morgan fingerprint density at radius 1 is 1.32 bits per heavy atom. The fourth-order valence-corrected chi connectivity index (χ4v) is 5.20. The Morgan fingerprint density at radius 3 is 3.05 bits per heavy atom. The van der Waals surface area contributed by atoms with Gasteiger partial charge in [-0.2, -0.15) is 0 Å². The molecule has 0 bridgehead atoms. The molecule has 3 nitrogen and oxygen atoms in total. The SMILES string of the molecule is CC[C@]12C=CCN3CCc4c(n(c5ccccc45)[C@@H](O)C1)[C@@H]32. The van der Waals surface area contributed by atoms with Gasteiger partial charge in [0.1, 0.15) is 6.23 Å². The zero-order valence-electron chi connectivity index (χ0n) is 13.0. The smallest absolute Gasteiger partial charge is 0.131 e. The Morgan fingerprint density at radius 2 is 2.18 bits per heavy atom. The van der Waals surface area contributed by atoms with Crippen molar-refractivity contribution < 1.29 is 5.11 Å². The quantitative estimate of drug-likeness (QED) is 0.817. The highest BCUT2D eigenvalue weighted by molar-refractivity contribution is 5.86. The summed E-state index contributed by atoms with van der Waals surface area (Å²) in [5, 5.41) is 12.3. The molecule has 2 aromatic rings. The average Bonchev–Trinajstić information content (AvgIpc) is 2.89. The maximum absolute atomic E-state index is 10.9. The third-order valence-electron chi connectivity index (χ3n) is 6.18. The van der Waals surface area contributed by atoms with Gasteiger partial charge in [0.05, 0.1) is 11.6 Å². The summed E-state index contributed by atoms with van der Waals surface area (Å²) >= 11 is 0. The first-order valence-electron chi connectivity index (χ1n) is 8.47. The van der Waals surface area contributed by atoms with Gasteiger partial charge in [-0.3, -0.25) is 4.90 Å². The lowest BCUT2D eigenvalue weighted by Crippen LogP contribution is -2.51. The molecule has 3 atom stereocenters. The topological polar surface area (TPSA) is 28.4 Å². The van der Waals surface area contributed by atoms with E-state index < -0.39 is 6.23 Å². The van der Waals surface area contributed by atoms with E-state index in [0.29, 0.717) is 6.04 Å². The normalized spacial score (nSPS) is 33.2. The largest absolute Gasteiger partial charge is 0.373 e. The number of aliphatic hydroxyl groups is 1. The Hall–Kier alpha value is -1.58. The molecule has 0 saturated carbocycles. The highest BCUT2D eigenvalue weighted by Gasteiger charge is 2.51. The minimum absolute atomic E-state index is 0.0945. The highest BCUT2D eigenvalue weighted by atomic mass is 16.3. The molecular formula is C19H22N2O. The molecule has 4 heterocycles. The predicted octanol–water partition coefficient (Wildman–Crippen LogP) is 3.40. The van der Waals surface area contributed by atoms with Gasteiger partial charge in [-0.15, -0.1) is 0 Å². The molecule has 3 aliphatic heterocycles. The molecule has 0 amide bonds. The molecule has 114 valence electrons. The van der Waals surface area contributed by atoms with Crippen molar-refractivity contribution in [2.45, 2.75) is 38.5 Å². The summed E-state index contributed by atoms with van der Waals surface area (Å²) in [6.45, 7) is 4.45. The number of hydrogen-bond acceptors (Lipinski definition) is 2. The Labute approximate surface area is 130 Å². The third-order valence-corrected chi connectivity index (χ3v) is 6.18. The van der Waals surface area contributed by atoms with Crippen molar-refractivity contribution >= 4 is 10.9 Å². The molecule has 1 aromatic heterocycles. The van der Waals surface area contributed by atoms with Crippen molar-refractivity contribution in [1.82, 2.24) is 9.47 Å². The van der Waals surface area contributed by atoms with Crippen LogP contribution in [0, 0.1) is 5.41 Å². The van der Waals surface area contributed by atoms with Crippen molar-refractivity contribution in [2.24, 2.45) is 5.41 Å². The van der Waals surface area contributed by atoms with Gasteiger partial charge in [-0.05, 0) is 24.5 Å². The second kappa shape index (κ2) is 4.24. The zero-order valence-corrected chi connectivity index (χ0v) is 13.0.